The van der Waals surface area contributed by atoms with E-state index in [-0.39, 0.29) is 11.7 Å². The maximum absolute atomic E-state index is 12.3. The minimum Gasteiger partial charge on any atom is -0.325 e. The average Bonchev–Trinajstić information content (AvgIpc) is 3.29. The molecule has 0 aliphatic carbocycles. The molecular formula is C19H23N5OS. The van der Waals surface area contributed by atoms with Gasteiger partial charge in [0.25, 0.3) is 0 Å². The molecule has 1 amide bonds. The Labute approximate surface area is 157 Å². The molecule has 0 radical (unpaired) electrons. The van der Waals surface area contributed by atoms with E-state index in [0.29, 0.717) is 11.1 Å². The number of aryl methyl sites for hydroxylation is 1. The molecule has 3 rings (SSSR count). The summed E-state index contributed by atoms with van der Waals surface area (Å²) >= 11 is 1.36. The number of hydrogen-bond acceptors (Lipinski definition) is 4. The lowest BCUT2D eigenvalue weighted by Gasteiger charge is -2.11. The third kappa shape index (κ3) is 4.16. The van der Waals surface area contributed by atoms with Crippen LogP contribution in [0, 0.1) is 6.92 Å². The second-order valence-electron chi connectivity index (χ2n) is 6.17. The molecule has 1 atom stereocenters. The zero-order valence-corrected chi connectivity index (χ0v) is 16.0. The summed E-state index contributed by atoms with van der Waals surface area (Å²) in [6.45, 7) is 6.26. The lowest BCUT2D eigenvalue weighted by Crippen LogP contribution is -2.16. The molecule has 1 aromatic carbocycles. The minimum absolute atomic E-state index is 0.0639. The highest BCUT2D eigenvalue weighted by molar-refractivity contribution is 7.99. The standard InChI is InChI=1S/C19H23N5OS/c1-4-14(2)16-7-9-17(10-8-16)20-18(25)13-26-19-22-21-15(3)24(19)23-11-5-6-12-23/h5-12,14H,4,13H2,1-3H3,(H,20,25)/t14-/m1/s1. The average molecular weight is 369 g/mol. The summed E-state index contributed by atoms with van der Waals surface area (Å²) in [7, 11) is 0. The second-order valence-corrected chi connectivity index (χ2v) is 7.12. The normalized spacial score (nSPS) is 12.1. The fraction of sp³-hybridized carbons (Fsp3) is 0.316. The Kier molecular flexibility index (Phi) is 5.78. The molecule has 6 nitrogen and oxygen atoms in total. The van der Waals surface area contributed by atoms with Gasteiger partial charge in [0, 0.05) is 18.1 Å². The summed E-state index contributed by atoms with van der Waals surface area (Å²) in [5.74, 6) is 1.50. The minimum atomic E-state index is -0.0639. The molecule has 2 aromatic heterocycles. The van der Waals surface area contributed by atoms with Crippen molar-refractivity contribution < 1.29 is 4.79 Å². The van der Waals surface area contributed by atoms with E-state index in [1.165, 1.54) is 17.3 Å². The van der Waals surface area contributed by atoms with Gasteiger partial charge >= 0.3 is 0 Å². The van der Waals surface area contributed by atoms with Gasteiger partial charge in [-0.2, -0.15) is 0 Å². The number of aromatic nitrogens is 4. The number of amides is 1. The molecule has 7 heteroatoms. The summed E-state index contributed by atoms with van der Waals surface area (Å²) in [5.41, 5.74) is 2.10. The van der Waals surface area contributed by atoms with Crippen molar-refractivity contribution in [2.75, 3.05) is 11.1 Å². The Morgan fingerprint density at radius 2 is 1.88 bits per heavy atom. The van der Waals surface area contributed by atoms with Gasteiger partial charge in [-0.1, -0.05) is 37.7 Å². The van der Waals surface area contributed by atoms with Crippen molar-refractivity contribution in [1.29, 1.82) is 0 Å². The van der Waals surface area contributed by atoms with Crippen LogP contribution in [0.2, 0.25) is 0 Å². The predicted octanol–water partition coefficient (Wildman–Crippen LogP) is 3.94. The van der Waals surface area contributed by atoms with Crippen LogP contribution < -0.4 is 5.32 Å². The number of benzene rings is 1. The first-order valence-corrected chi connectivity index (χ1v) is 9.65. The summed E-state index contributed by atoms with van der Waals surface area (Å²) in [6, 6.07) is 11.9. The van der Waals surface area contributed by atoms with Crippen LogP contribution in [0.4, 0.5) is 5.69 Å². The van der Waals surface area contributed by atoms with Crippen LogP contribution in [0.25, 0.3) is 0 Å². The lowest BCUT2D eigenvalue weighted by atomic mass is 9.99. The van der Waals surface area contributed by atoms with Crippen LogP contribution in [0.15, 0.2) is 53.9 Å². The number of carbonyl (C=O) groups is 1. The Morgan fingerprint density at radius 1 is 1.19 bits per heavy atom. The molecule has 3 aromatic rings. The van der Waals surface area contributed by atoms with Crippen LogP contribution in [-0.4, -0.2) is 31.2 Å². The largest absolute Gasteiger partial charge is 0.325 e. The van der Waals surface area contributed by atoms with Crippen molar-refractivity contribution in [2.24, 2.45) is 0 Å². The number of thioether (sulfide) groups is 1. The van der Waals surface area contributed by atoms with Gasteiger partial charge in [-0.05, 0) is 49.1 Å². The highest BCUT2D eigenvalue weighted by Gasteiger charge is 2.13. The second kappa shape index (κ2) is 8.23. The zero-order valence-electron chi connectivity index (χ0n) is 15.2. The molecule has 2 heterocycles. The Hall–Kier alpha value is -2.54. The molecular weight excluding hydrogens is 346 g/mol. The van der Waals surface area contributed by atoms with Crippen LogP contribution in [0.5, 0.6) is 0 Å². The quantitative estimate of drug-likeness (QED) is 0.641. The van der Waals surface area contributed by atoms with E-state index >= 15 is 0 Å². The monoisotopic (exact) mass is 369 g/mol. The van der Waals surface area contributed by atoms with Gasteiger partial charge in [-0.3, -0.25) is 9.47 Å². The SMILES string of the molecule is CC[C@@H](C)c1ccc(NC(=O)CSc2nnc(C)n2-n2cccc2)cc1. The van der Waals surface area contributed by atoms with E-state index in [1.54, 1.807) is 0 Å². The van der Waals surface area contributed by atoms with E-state index in [0.717, 1.165) is 17.9 Å². The lowest BCUT2D eigenvalue weighted by molar-refractivity contribution is -0.113. The molecule has 0 aliphatic rings. The summed E-state index contributed by atoms with van der Waals surface area (Å²) in [6.07, 6.45) is 4.93. The molecule has 26 heavy (non-hydrogen) atoms. The fourth-order valence-electron chi connectivity index (χ4n) is 2.61. The van der Waals surface area contributed by atoms with Crippen molar-refractivity contribution in [1.82, 2.24) is 19.5 Å². The number of carbonyl (C=O) groups excluding carboxylic acids is 1. The first kappa shape index (κ1) is 18.3. The van der Waals surface area contributed by atoms with E-state index < -0.39 is 0 Å². The summed E-state index contributed by atoms with van der Waals surface area (Å²) < 4.78 is 3.77. The molecule has 0 unspecified atom stereocenters. The smallest absolute Gasteiger partial charge is 0.234 e. The topological polar surface area (TPSA) is 64.7 Å². The Balaban J connectivity index is 1.60. The van der Waals surface area contributed by atoms with Crippen molar-refractivity contribution >= 4 is 23.4 Å². The van der Waals surface area contributed by atoms with Gasteiger partial charge in [0.15, 0.2) is 5.82 Å². The van der Waals surface area contributed by atoms with Crippen molar-refractivity contribution in [3.8, 4) is 0 Å². The van der Waals surface area contributed by atoms with Gasteiger partial charge in [0.1, 0.15) is 0 Å². The molecule has 0 bridgehead atoms. The van der Waals surface area contributed by atoms with Crippen LogP contribution in [0.3, 0.4) is 0 Å². The number of nitrogens with zero attached hydrogens (tertiary/aromatic N) is 4. The number of anilines is 1. The van der Waals surface area contributed by atoms with E-state index in [2.05, 4.69) is 41.5 Å². The Bertz CT molecular complexity index is 855. The number of hydrogen-bond donors (Lipinski definition) is 1. The van der Waals surface area contributed by atoms with Crippen molar-refractivity contribution in [3.05, 3.63) is 60.2 Å². The number of nitrogens with one attached hydrogen (secondary N) is 1. The molecule has 0 spiro atoms. The predicted molar refractivity (Wildman–Crippen MR) is 104 cm³/mol. The van der Waals surface area contributed by atoms with Crippen molar-refractivity contribution in [3.63, 3.8) is 0 Å². The van der Waals surface area contributed by atoms with E-state index in [1.807, 2.05) is 52.9 Å². The van der Waals surface area contributed by atoms with Crippen LogP contribution in [-0.2, 0) is 4.79 Å². The van der Waals surface area contributed by atoms with E-state index in [4.69, 9.17) is 0 Å². The highest BCUT2D eigenvalue weighted by Crippen LogP contribution is 2.21. The zero-order chi connectivity index (χ0) is 18.5. The molecule has 0 aliphatic heterocycles. The molecule has 0 fully saturated rings. The van der Waals surface area contributed by atoms with Gasteiger partial charge < -0.3 is 5.32 Å². The van der Waals surface area contributed by atoms with Gasteiger partial charge in [0.05, 0.1) is 5.75 Å². The van der Waals surface area contributed by atoms with Crippen LogP contribution >= 0.6 is 11.8 Å². The van der Waals surface area contributed by atoms with Gasteiger partial charge in [-0.15, -0.1) is 10.2 Å². The van der Waals surface area contributed by atoms with Gasteiger partial charge in [-0.25, -0.2) is 4.68 Å². The summed E-state index contributed by atoms with van der Waals surface area (Å²) in [5, 5.41) is 11.9. The maximum atomic E-state index is 12.3. The Morgan fingerprint density at radius 3 is 2.54 bits per heavy atom. The number of rotatable bonds is 7. The molecule has 136 valence electrons. The highest BCUT2D eigenvalue weighted by atomic mass is 32.2. The fourth-order valence-corrected chi connectivity index (χ4v) is 3.39. The molecule has 0 saturated heterocycles. The van der Waals surface area contributed by atoms with Crippen molar-refractivity contribution in [2.45, 2.75) is 38.3 Å². The van der Waals surface area contributed by atoms with Gasteiger partial charge in [0.2, 0.25) is 11.1 Å². The summed E-state index contributed by atoms with van der Waals surface area (Å²) in [4.78, 5) is 12.3. The molecule has 1 N–H and O–H groups in total. The molecule has 0 saturated carbocycles. The van der Waals surface area contributed by atoms with E-state index in [9.17, 15) is 4.79 Å². The van der Waals surface area contributed by atoms with Crippen LogP contribution in [0.1, 0.15) is 37.6 Å². The third-order valence-electron chi connectivity index (χ3n) is 4.30. The third-order valence-corrected chi connectivity index (χ3v) is 5.22. The first-order chi connectivity index (χ1) is 12.6. The maximum Gasteiger partial charge on any atom is 0.234 e. The first-order valence-electron chi connectivity index (χ1n) is 8.66.